The minimum atomic E-state index is 0.0890. The topological polar surface area (TPSA) is 44.6 Å². The average Bonchev–Trinajstić information content (AvgIpc) is 3.15. The van der Waals surface area contributed by atoms with Gasteiger partial charge >= 0.3 is 0 Å². The summed E-state index contributed by atoms with van der Waals surface area (Å²) in [6.45, 7) is 11.4. The zero-order chi connectivity index (χ0) is 23.4. The van der Waals surface area contributed by atoms with Gasteiger partial charge in [-0.1, -0.05) is 43.3 Å². The molecule has 0 saturated carbocycles. The van der Waals surface area contributed by atoms with E-state index in [1.165, 1.54) is 0 Å². The van der Waals surface area contributed by atoms with Gasteiger partial charge < -0.3 is 14.7 Å². The lowest BCUT2D eigenvalue weighted by Crippen LogP contribution is -2.45. The number of aryl methyl sites for hydroxylation is 2. The molecule has 4 rings (SSSR count). The highest BCUT2D eigenvalue weighted by Gasteiger charge is 2.27. The van der Waals surface area contributed by atoms with E-state index in [1.54, 1.807) is 0 Å². The highest BCUT2D eigenvalue weighted by molar-refractivity contribution is 5.95. The zero-order valence-corrected chi connectivity index (χ0v) is 20.3. The molecule has 0 radical (unpaired) electrons. The van der Waals surface area contributed by atoms with Crippen molar-refractivity contribution in [3.8, 4) is 5.69 Å². The summed E-state index contributed by atoms with van der Waals surface area (Å²) in [7, 11) is 2.17. The predicted molar refractivity (Wildman–Crippen MR) is 134 cm³/mol. The molecular weight excluding hydrogens is 410 g/mol. The van der Waals surface area contributed by atoms with Crippen LogP contribution >= 0.6 is 0 Å². The molecule has 0 N–H and O–H groups in total. The van der Waals surface area contributed by atoms with Gasteiger partial charge in [-0.05, 0) is 51.1 Å². The number of piperazine rings is 1. The number of para-hydroxylation sites is 1. The molecule has 0 aliphatic carbocycles. The molecule has 33 heavy (non-hydrogen) atoms. The third-order valence-electron chi connectivity index (χ3n) is 6.47. The third kappa shape index (κ3) is 4.96. The molecule has 0 unspecified atom stereocenters. The molecule has 1 aliphatic rings. The monoisotopic (exact) mass is 445 g/mol. The number of rotatable bonds is 7. The summed E-state index contributed by atoms with van der Waals surface area (Å²) in [5, 5.41) is 4.96. The Balaban J connectivity index is 1.74. The van der Waals surface area contributed by atoms with Gasteiger partial charge in [0, 0.05) is 43.9 Å². The molecule has 0 spiro atoms. The Morgan fingerprint density at radius 3 is 2.30 bits per heavy atom. The van der Waals surface area contributed by atoms with Gasteiger partial charge in [0.2, 0.25) is 0 Å². The smallest absolute Gasteiger partial charge is 0.254 e. The van der Waals surface area contributed by atoms with Crippen LogP contribution in [-0.2, 0) is 6.54 Å². The van der Waals surface area contributed by atoms with Gasteiger partial charge in [-0.15, -0.1) is 0 Å². The van der Waals surface area contributed by atoms with E-state index in [2.05, 4.69) is 47.5 Å². The Hall–Kier alpha value is -3.12. The summed E-state index contributed by atoms with van der Waals surface area (Å²) in [5.74, 6) is 1.21. The number of aromatic nitrogens is 2. The Morgan fingerprint density at radius 2 is 1.64 bits per heavy atom. The van der Waals surface area contributed by atoms with Crippen molar-refractivity contribution in [2.45, 2.75) is 33.7 Å². The maximum Gasteiger partial charge on any atom is 0.254 e. The molecule has 0 atom stereocenters. The summed E-state index contributed by atoms with van der Waals surface area (Å²) in [6.07, 6.45) is 0.910. The largest absolute Gasteiger partial charge is 0.354 e. The summed E-state index contributed by atoms with van der Waals surface area (Å²) >= 11 is 0. The van der Waals surface area contributed by atoms with Crippen molar-refractivity contribution in [2.24, 2.45) is 0 Å². The quantitative estimate of drug-likeness (QED) is 0.544. The Morgan fingerprint density at radius 1 is 0.970 bits per heavy atom. The van der Waals surface area contributed by atoms with Crippen molar-refractivity contribution < 1.29 is 4.79 Å². The molecule has 1 saturated heterocycles. The van der Waals surface area contributed by atoms with Crippen LogP contribution < -0.4 is 4.90 Å². The van der Waals surface area contributed by atoms with E-state index in [0.717, 1.165) is 66.5 Å². The van der Waals surface area contributed by atoms with Crippen LogP contribution in [0, 0.1) is 13.8 Å². The van der Waals surface area contributed by atoms with Crippen LogP contribution in [-0.4, -0.2) is 65.3 Å². The van der Waals surface area contributed by atoms with E-state index >= 15 is 0 Å². The van der Waals surface area contributed by atoms with E-state index in [4.69, 9.17) is 5.10 Å². The molecule has 2 heterocycles. The van der Waals surface area contributed by atoms with Gasteiger partial charge in [0.15, 0.2) is 0 Å². The van der Waals surface area contributed by atoms with Gasteiger partial charge in [0.05, 0.1) is 17.9 Å². The van der Waals surface area contributed by atoms with Crippen molar-refractivity contribution in [1.82, 2.24) is 19.6 Å². The highest BCUT2D eigenvalue weighted by Crippen LogP contribution is 2.30. The van der Waals surface area contributed by atoms with Crippen LogP contribution in [0.1, 0.15) is 40.5 Å². The molecule has 6 nitrogen and oxygen atoms in total. The number of hydrogen-bond acceptors (Lipinski definition) is 4. The average molecular weight is 446 g/mol. The van der Waals surface area contributed by atoms with Crippen LogP contribution in [0.4, 0.5) is 5.82 Å². The van der Waals surface area contributed by atoms with Crippen molar-refractivity contribution in [2.75, 3.05) is 44.7 Å². The second kappa shape index (κ2) is 10.2. The molecule has 1 fully saturated rings. The number of carbonyl (C=O) groups is 1. The van der Waals surface area contributed by atoms with Crippen LogP contribution in [0.25, 0.3) is 5.69 Å². The summed E-state index contributed by atoms with van der Waals surface area (Å²) in [5.41, 5.74) is 4.96. The van der Waals surface area contributed by atoms with Crippen molar-refractivity contribution in [3.63, 3.8) is 0 Å². The molecular formula is C27H35N5O. The SMILES string of the molecule is CCCN(Cc1c(C)nn(-c2ccccc2)c1N1CCN(C)CC1)C(=O)c1ccccc1C. The first-order chi connectivity index (χ1) is 16.0. The molecule has 1 aromatic heterocycles. The predicted octanol–water partition coefficient (Wildman–Crippen LogP) is 4.29. The van der Waals surface area contributed by atoms with Gasteiger partial charge in [-0.3, -0.25) is 4.79 Å². The molecule has 6 heteroatoms. The lowest BCUT2D eigenvalue weighted by atomic mass is 10.1. The fraction of sp³-hybridized carbons (Fsp3) is 0.407. The lowest BCUT2D eigenvalue weighted by Gasteiger charge is -2.35. The van der Waals surface area contributed by atoms with Gasteiger partial charge in [-0.2, -0.15) is 5.10 Å². The molecule has 1 amide bonds. The number of amides is 1. The number of likely N-dealkylation sites (N-methyl/N-ethyl adjacent to an activating group) is 1. The molecule has 174 valence electrons. The Kier molecular flexibility index (Phi) is 7.14. The van der Waals surface area contributed by atoms with E-state index in [1.807, 2.05) is 54.3 Å². The minimum Gasteiger partial charge on any atom is -0.354 e. The van der Waals surface area contributed by atoms with Crippen LogP contribution in [0.5, 0.6) is 0 Å². The second-order valence-corrected chi connectivity index (χ2v) is 8.97. The van der Waals surface area contributed by atoms with Crippen LogP contribution in [0.2, 0.25) is 0 Å². The van der Waals surface area contributed by atoms with Crippen molar-refractivity contribution in [1.29, 1.82) is 0 Å². The minimum absolute atomic E-state index is 0.0890. The fourth-order valence-electron chi connectivity index (χ4n) is 4.52. The van der Waals surface area contributed by atoms with Crippen molar-refractivity contribution >= 4 is 11.7 Å². The van der Waals surface area contributed by atoms with E-state index in [0.29, 0.717) is 13.1 Å². The van der Waals surface area contributed by atoms with Gasteiger partial charge in [0.1, 0.15) is 5.82 Å². The molecule has 3 aromatic rings. The Bertz CT molecular complexity index is 1080. The maximum atomic E-state index is 13.6. The summed E-state index contributed by atoms with van der Waals surface area (Å²) < 4.78 is 2.07. The summed E-state index contributed by atoms with van der Waals surface area (Å²) in [4.78, 5) is 20.3. The zero-order valence-electron chi connectivity index (χ0n) is 20.3. The third-order valence-corrected chi connectivity index (χ3v) is 6.47. The number of carbonyl (C=O) groups excluding carboxylic acids is 1. The summed E-state index contributed by atoms with van der Waals surface area (Å²) in [6, 6.07) is 18.2. The van der Waals surface area contributed by atoms with Gasteiger partial charge in [-0.25, -0.2) is 4.68 Å². The first-order valence-electron chi connectivity index (χ1n) is 11.9. The number of anilines is 1. The van der Waals surface area contributed by atoms with Gasteiger partial charge in [0.25, 0.3) is 5.91 Å². The fourth-order valence-corrected chi connectivity index (χ4v) is 4.52. The van der Waals surface area contributed by atoms with Crippen molar-refractivity contribution in [3.05, 3.63) is 77.0 Å². The molecule has 1 aliphatic heterocycles. The number of nitrogens with zero attached hydrogens (tertiary/aromatic N) is 5. The van der Waals surface area contributed by atoms with E-state index in [-0.39, 0.29) is 5.91 Å². The maximum absolute atomic E-state index is 13.6. The number of hydrogen-bond donors (Lipinski definition) is 0. The standard InChI is InChI=1S/C27H35N5O/c1-5-15-31(27(33)24-14-10-9-11-21(24)2)20-25-22(3)28-32(23-12-7-6-8-13-23)26(25)30-18-16-29(4)17-19-30/h6-14H,5,15-20H2,1-4H3. The first kappa shape index (κ1) is 23.1. The highest BCUT2D eigenvalue weighted by atomic mass is 16.2. The Labute approximate surface area is 197 Å². The van der Waals surface area contributed by atoms with E-state index < -0.39 is 0 Å². The molecule has 0 bridgehead atoms. The van der Waals surface area contributed by atoms with E-state index in [9.17, 15) is 4.79 Å². The normalized spacial score (nSPS) is 14.5. The molecule has 2 aromatic carbocycles. The van der Waals surface area contributed by atoms with Crippen LogP contribution in [0.3, 0.4) is 0 Å². The first-order valence-corrected chi connectivity index (χ1v) is 11.9. The van der Waals surface area contributed by atoms with Crippen LogP contribution in [0.15, 0.2) is 54.6 Å². The lowest BCUT2D eigenvalue weighted by molar-refractivity contribution is 0.0742. The second-order valence-electron chi connectivity index (χ2n) is 8.97. The number of benzene rings is 2.